The van der Waals surface area contributed by atoms with Crippen LogP contribution in [0.25, 0.3) is 6.08 Å². The van der Waals surface area contributed by atoms with Crippen molar-refractivity contribution in [3.05, 3.63) is 41.5 Å². The Kier molecular flexibility index (Phi) is 7.87. The first-order chi connectivity index (χ1) is 10.1. The molecule has 0 unspecified atom stereocenters. The third-order valence-corrected chi connectivity index (χ3v) is 3.12. The molecule has 21 heavy (non-hydrogen) atoms. The van der Waals surface area contributed by atoms with E-state index in [1.54, 1.807) is 6.08 Å². The Balaban J connectivity index is 2.39. The summed E-state index contributed by atoms with van der Waals surface area (Å²) in [4.78, 5) is 22.2. The van der Waals surface area contributed by atoms with Gasteiger partial charge in [-0.1, -0.05) is 44.4 Å². The van der Waals surface area contributed by atoms with Crippen LogP contribution in [0.1, 0.15) is 50.2 Å². The van der Waals surface area contributed by atoms with Gasteiger partial charge < -0.3 is 10.4 Å². The van der Waals surface area contributed by atoms with Gasteiger partial charge in [0.05, 0.1) is 0 Å². The molecule has 0 aliphatic heterocycles. The van der Waals surface area contributed by atoms with Gasteiger partial charge in [0.15, 0.2) is 0 Å². The predicted octanol–water partition coefficient (Wildman–Crippen LogP) is 3.37. The van der Waals surface area contributed by atoms with Gasteiger partial charge in [0.25, 0.3) is 0 Å². The number of hydrogen-bond acceptors (Lipinski definition) is 2. The maximum atomic E-state index is 11.7. The minimum Gasteiger partial charge on any atom is -0.478 e. The van der Waals surface area contributed by atoms with Crippen molar-refractivity contribution in [3.63, 3.8) is 0 Å². The highest BCUT2D eigenvalue weighted by molar-refractivity contribution is 5.85. The van der Waals surface area contributed by atoms with Gasteiger partial charge in [0, 0.05) is 19.0 Å². The first-order valence-corrected chi connectivity index (χ1v) is 7.38. The molecular formula is C17H23NO3. The van der Waals surface area contributed by atoms with E-state index < -0.39 is 5.97 Å². The number of benzene rings is 1. The van der Waals surface area contributed by atoms with Crippen molar-refractivity contribution in [2.45, 2.75) is 45.6 Å². The van der Waals surface area contributed by atoms with Crippen LogP contribution in [0.3, 0.4) is 0 Å². The van der Waals surface area contributed by atoms with Gasteiger partial charge in [-0.25, -0.2) is 4.79 Å². The second-order valence-electron chi connectivity index (χ2n) is 5.00. The summed E-state index contributed by atoms with van der Waals surface area (Å²) < 4.78 is 0. The fourth-order valence-corrected chi connectivity index (χ4v) is 1.98. The highest BCUT2D eigenvalue weighted by Gasteiger charge is 2.01. The lowest BCUT2D eigenvalue weighted by Crippen LogP contribution is -2.22. The van der Waals surface area contributed by atoms with E-state index in [1.165, 1.54) is 6.42 Å². The molecule has 0 saturated carbocycles. The Morgan fingerprint density at radius 1 is 1.24 bits per heavy atom. The Morgan fingerprint density at radius 3 is 2.76 bits per heavy atom. The molecule has 0 aromatic heterocycles. The minimum atomic E-state index is -0.971. The molecule has 0 fully saturated rings. The predicted molar refractivity (Wildman–Crippen MR) is 83.7 cm³/mol. The molecule has 0 heterocycles. The van der Waals surface area contributed by atoms with Crippen LogP contribution in [0.15, 0.2) is 30.3 Å². The Morgan fingerprint density at radius 2 is 2.05 bits per heavy atom. The second-order valence-corrected chi connectivity index (χ2v) is 5.00. The van der Waals surface area contributed by atoms with Gasteiger partial charge in [-0.3, -0.25) is 4.79 Å². The summed E-state index contributed by atoms with van der Waals surface area (Å²) in [5.41, 5.74) is 1.77. The van der Waals surface area contributed by atoms with E-state index >= 15 is 0 Å². The van der Waals surface area contributed by atoms with Crippen molar-refractivity contribution in [2.24, 2.45) is 0 Å². The summed E-state index contributed by atoms with van der Waals surface area (Å²) in [5, 5.41) is 11.5. The Hall–Kier alpha value is -2.10. The van der Waals surface area contributed by atoms with Crippen LogP contribution in [0, 0.1) is 0 Å². The van der Waals surface area contributed by atoms with E-state index in [-0.39, 0.29) is 5.91 Å². The van der Waals surface area contributed by atoms with Gasteiger partial charge >= 0.3 is 5.97 Å². The van der Waals surface area contributed by atoms with Crippen LogP contribution in [0.5, 0.6) is 0 Å². The molecule has 4 nitrogen and oxygen atoms in total. The van der Waals surface area contributed by atoms with Crippen LogP contribution in [0.2, 0.25) is 0 Å². The number of carboxylic acids is 1. The SMILES string of the molecule is CCCCCCC(=O)NCc1cccc(/C=C/C(=O)O)c1. The Bertz CT molecular complexity index is 495. The number of aliphatic carboxylic acids is 1. The molecule has 0 saturated heterocycles. The maximum absolute atomic E-state index is 11.7. The second kappa shape index (κ2) is 9.75. The van der Waals surface area contributed by atoms with E-state index in [0.29, 0.717) is 13.0 Å². The van der Waals surface area contributed by atoms with Gasteiger partial charge in [-0.2, -0.15) is 0 Å². The lowest BCUT2D eigenvalue weighted by molar-refractivity contribution is -0.131. The van der Waals surface area contributed by atoms with E-state index in [1.807, 2.05) is 24.3 Å². The fraction of sp³-hybridized carbons (Fsp3) is 0.412. The number of hydrogen-bond donors (Lipinski definition) is 2. The average Bonchev–Trinajstić information content (AvgIpc) is 2.48. The zero-order valence-corrected chi connectivity index (χ0v) is 12.5. The van der Waals surface area contributed by atoms with E-state index in [9.17, 15) is 9.59 Å². The van der Waals surface area contributed by atoms with Crippen LogP contribution in [-0.4, -0.2) is 17.0 Å². The Labute approximate surface area is 125 Å². The van der Waals surface area contributed by atoms with E-state index in [0.717, 1.165) is 36.5 Å². The summed E-state index contributed by atoms with van der Waals surface area (Å²) in [6.45, 7) is 2.62. The summed E-state index contributed by atoms with van der Waals surface area (Å²) in [7, 11) is 0. The number of amides is 1. The summed E-state index contributed by atoms with van der Waals surface area (Å²) >= 11 is 0. The number of carbonyl (C=O) groups is 2. The molecule has 1 rings (SSSR count). The van der Waals surface area contributed by atoms with Gasteiger partial charge in [-0.05, 0) is 29.7 Å². The molecule has 1 amide bonds. The highest BCUT2D eigenvalue weighted by atomic mass is 16.4. The molecule has 2 N–H and O–H groups in total. The number of nitrogens with one attached hydrogen (secondary N) is 1. The monoisotopic (exact) mass is 289 g/mol. The molecule has 114 valence electrons. The van der Waals surface area contributed by atoms with Crippen molar-refractivity contribution >= 4 is 18.0 Å². The molecule has 0 aliphatic rings. The number of rotatable bonds is 9. The molecule has 0 aliphatic carbocycles. The van der Waals surface area contributed by atoms with Crippen molar-refractivity contribution in [1.82, 2.24) is 5.32 Å². The summed E-state index contributed by atoms with van der Waals surface area (Å²) in [6, 6.07) is 7.46. The van der Waals surface area contributed by atoms with Crippen LogP contribution < -0.4 is 5.32 Å². The van der Waals surface area contributed by atoms with Crippen molar-refractivity contribution < 1.29 is 14.7 Å². The van der Waals surface area contributed by atoms with Gasteiger partial charge in [0.1, 0.15) is 0 Å². The number of carboxylic acid groups (broad SMARTS) is 1. The van der Waals surface area contributed by atoms with Crippen molar-refractivity contribution in [1.29, 1.82) is 0 Å². The van der Waals surface area contributed by atoms with Crippen molar-refractivity contribution in [2.75, 3.05) is 0 Å². The minimum absolute atomic E-state index is 0.0672. The third kappa shape index (κ3) is 7.92. The highest BCUT2D eigenvalue weighted by Crippen LogP contribution is 2.08. The van der Waals surface area contributed by atoms with Gasteiger partial charge in [0.2, 0.25) is 5.91 Å². The largest absolute Gasteiger partial charge is 0.478 e. The average molecular weight is 289 g/mol. The smallest absolute Gasteiger partial charge is 0.328 e. The molecule has 0 atom stereocenters. The zero-order chi connectivity index (χ0) is 15.5. The fourth-order valence-electron chi connectivity index (χ4n) is 1.98. The van der Waals surface area contributed by atoms with Crippen LogP contribution >= 0.6 is 0 Å². The van der Waals surface area contributed by atoms with E-state index in [4.69, 9.17) is 5.11 Å². The van der Waals surface area contributed by atoms with E-state index in [2.05, 4.69) is 12.2 Å². The molecule has 0 bridgehead atoms. The molecule has 0 radical (unpaired) electrons. The molecular weight excluding hydrogens is 266 g/mol. The standard InChI is InChI=1S/C17H23NO3/c1-2-3-4-5-9-16(19)18-13-15-8-6-7-14(12-15)10-11-17(20)21/h6-8,10-12H,2-5,9,13H2,1H3,(H,18,19)(H,20,21)/b11-10+. The first-order valence-electron chi connectivity index (χ1n) is 7.38. The van der Waals surface area contributed by atoms with Gasteiger partial charge in [-0.15, -0.1) is 0 Å². The topological polar surface area (TPSA) is 66.4 Å². The molecule has 4 heteroatoms. The quantitative estimate of drug-likeness (QED) is 0.541. The zero-order valence-electron chi connectivity index (χ0n) is 12.5. The lowest BCUT2D eigenvalue weighted by Gasteiger charge is -2.06. The molecule has 0 spiro atoms. The van der Waals surface area contributed by atoms with Crippen LogP contribution in [0.4, 0.5) is 0 Å². The molecule has 1 aromatic rings. The number of unbranched alkanes of at least 4 members (excludes halogenated alkanes) is 3. The van der Waals surface area contributed by atoms with Crippen molar-refractivity contribution in [3.8, 4) is 0 Å². The molecule has 1 aromatic carbocycles. The normalized spacial score (nSPS) is 10.7. The summed E-state index contributed by atoms with van der Waals surface area (Å²) in [6.07, 6.45) is 7.58. The maximum Gasteiger partial charge on any atom is 0.328 e. The first kappa shape index (κ1) is 17.0. The lowest BCUT2D eigenvalue weighted by atomic mass is 10.1. The number of carbonyl (C=O) groups excluding carboxylic acids is 1. The van der Waals surface area contributed by atoms with Crippen LogP contribution in [-0.2, 0) is 16.1 Å². The third-order valence-electron chi connectivity index (χ3n) is 3.12. The summed E-state index contributed by atoms with van der Waals surface area (Å²) in [5.74, 6) is -0.904.